The van der Waals surface area contributed by atoms with Crippen LogP contribution in [0.5, 0.6) is 0 Å². The number of carboxylic acids is 1. The van der Waals surface area contributed by atoms with E-state index in [2.05, 4.69) is 6.92 Å². The molecule has 0 aromatic rings. The highest BCUT2D eigenvalue weighted by Gasteiger charge is 2.50. The second kappa shape index (κ2) is 5.29. The van der Waals surface area contributed by atoms with Crippen molar-refractivity contribution in [3.05, 3.63) is 0 Å². The molecule has 4 heteroatoms. The standard InChI is InChI=1S/C14H23NO3/c1-2-14(7-8-14)13(18)15-9-3-4-11(10-15)5-6-12(16)17/h11H,2-10H2,1H3,(H,16,17). The minimum Gasteiger partial charge on any atom is -0.481 e. The van der Waals surface area contributed by atoms with Crippen molar-refractivity contribution in [1.82, 2.24) is 4.90 Å². The van der Waals surface area contributed by atoms with Gasteiger partial charge in [0, 0.05) is 24.9 Å². The normalized spacial score (nSPS) is 25.8. The minimum absolute atomic E-state index is 0.0469. The molecular weight excluding hydrogens is 230 g/mol. The lowest BCUT2D eigenvalue weighted by Crippen LogP contribution is -2.43. The van der Waals surface area contributed by atoms with Crippen molar-refractivity contribution in [1.29, 1.82) is 0 Å². The Balaban J connectivity index is 1.86. The number of rotatable bonds is 5. The predicted molar refractivity (Wildman–Crippen MR) is 68.1 cm³/mol. The quantitative estimate of drug-likeness (QED) is 0.817. The van der Waals surface area contributed by atoms with E-state index in [1.165, 1.54) is 0 Å². The fourth-order valence-electron chi connectivity index (χ4n) is 3.02. The molecule has 18 heavy (non-hydrogen) atoms. The summed E-state index contributed by atoms with van der Waals surface area (Å²) >= 11 is 0. The molecule has 2 rings (SSSR count). The monoisotopic (exact) mass is 253 g/mol. The Kier molecular flexibility index (Phi) is 3.93. The summed E-state index contributed by atoms with van der Waals surface area (Å²) in [6.45, 7) is 3.73. The Morgan fingerprint density at radius 1 is 1.39 bits per heavy atom. The number of nitrogens with zero attached hydrogens (tertiary/aromatic N) is 1. The van der Waals surface area contributed by atoms with Gasteiger partial charge in [0.25, 0.3) is 0 Å². The Labute approximate surface area is 108 Å². The van der Waals surface area contributed by atoms with Gasteiger partial charge in [0.2, 0.25) is 5.91 Å². The number of piperidine rings is 1. The molecule has 1 saturated heterocycles. The van der Waals surface area contributed by atoms with Gasteiger partial charge in [-0.05, 0) is 44.4 Å². The number of carbonyl (C=O) groups is 2. The lowest BCUT2D eigenvalue weighted by molar-refractivity contribution is -0.139. The van der Waals surface area contributed by atoms with Crippen LogP contribution in [0.3, 0.4) is 0 Å². The number of aliphatic carboxylic acids is 1. The molecule has 1 saturated carbocycles. The van der Waals surface area contributed by atoms with E-state index in [4.69, 9.17) is 5.11 Å². The van der Waals surface area contributed by atoms with Gasteiger partial charge in [0.05, 0.1) is 0 Å². The highest BCUT2D eigenvalue weighted by molar-refractivity contribution is 5.85. The SMILES string of the molecule is CCC1(C(=O)N2CCCC(CCC(=O)O)C2)CC1. The van der Waals surface area contributed by atoms with Crippen molar-refractivity contribution in [2.24, 2.45) is 11.3 Å². The lowest BCUT2D eigenvalue weighted by Gasteiger charge is -2.35. The molecule has 0 aromatic carbocycles. The van der Waals surface area contributed by atoms with Crippen molar-refractivity contribution >= 4 is 11.9 Å². The van der Waals surface area contributed by atoms with Crippen molar-refractivity contribution in [3.63, 3.8) is 0 Å². The second-order valence-electron chi connectivity index (χ2n) is 5.83. The van der Waals surface area contributed by atoms with Crippen LogP contribution in [0.4, 0.5) is 0 Å². The summed E-state index contributed by atoms with van der Waals surface area (Å²) in [5.41, 5.74) is -0.0469. The van der Waals surface area contributed by atoms with Gasteiger partial charge in [-0.15, -0.1) is 0 Å². The Hall–Kier alpha value is -1.06. The molecule has 1 aliphatic heterocycles. The molecule has 0 spiro atoms. The first-order valence-electron chi connectivity index (χ1n) is 7.08. The number of carboxylic acid groups (broad SMARTS) is 1. The van der Waals surface area contributed by atoms with Crippen LogP contribution < -0.4 is 0 Å². The molecule has 0 radical (unpaired) electrons. The van der Waals surface area contributed by atoms with Gasteiger partial charge in [-0.2, -0.15) is 0 Å². The Morgan fingerprint density at radius 3 is 2.67 bits per heavy atom. The number of hydrogen-bond acceptors (Lipinski definition) is 2. The maximum Gasteiger partial charge on any atom is 0.303 e. The molecule has 1 unspecified atom stereocenters. The minimum atomic E-state index is -0.731. The average Bonchev–Trinajstić information content (AvgIpc) is 3.17. The van der Waals surface area contributed by atoms with Crippen LogP contribution in [0.1, 0.15) is 51.9 Å². The molecule has 0 aromatic heterocycles. The van der Waals surface area contributed by atoms with Crippen LogP contribution in [0.15, 0.2) is 0 Å². The van der Waals surface area contributed by atoms with Crippen LogP contribution in [0.2, 0.25) is 0 Å². The summed E-state index contributed by atoms with van der Waals surface area (Å²) in [5, 5.41) is 8.72. The van der Waals surface area contributed by atoms with Gasteiger partial charge >= 0.3 is 5.97 Å². The van der Waals surface area contributed by atoms with E-state index in [0.29, 0.717) is 18.2 Å². The molecule has 2 aliphatic rings. The van der Waals surface area contributed by atoms with E-state index in [1.54, 1.807) is 0 Å². The van der Waals surface area contributed by atoms with E-state index < -0.39 is 5.97 Å². The molecule has 1 amide bonds. The topological polar surface area (TPSA) is 57.6 Å². The molecule has 2 fully saturated rings. The predicted octanol–water partition coefficient (Wildman–Crippen LogP) is 2.28. The van der Waals surface area contributed by atoms with Crippen LogP contribution in [-0.4, -0.2) is 35.0 Å². The first kappa shape index (κ1) is 13.4. The fourth-order valence-corrected chi connectivity index (χ4v) is 3.02. The van der Waals surface area contributed by atoms with Gasteiger partial charge in [-0.3, -0.25) is 9.59 Å². The van der Waals surface area contributed by atoms with Gasteiger partial charge in [-0.1, -0.05) is 6.92 Å². The first-order chi connectivity index (χ1) is 8.57. The average molecular weight is 253 g/mol. The fraction of sp³-hybridized carbons (Fsp3) is 0.857. The summed E-state index contributed by atoms with van der Waals surface area (Å²) in [6, 6.07) is 0. The molecule has 1 atom stereocenters. The number of likely N-dealkylation sites (tertiary alicyclic amines) is 1. The summed E-state index contributed by atoms with van der Waals surface area (Å²) < 4.78 is 0. The van der Waals surface area contributed by atoms with Crippen LogP contribution in [0.25, 0.3) is 0 Å². The largest absolute Gasteiger partial charge is 0.481 e. The van der Waals surface area contributed by atoms with Crippen molar-refractivity contribution in [2.45, 2.75) is 51.9 Å². The molecule has 1 aliphatic carbocycles. The molecule has 1 heterocycles. The highest BCUT2D eigenvalue weighted by atomic mass is 16.4. The van der Waals surface area contributed by atoms with E-state index in [1.807, 2.05) is 4.90 Å². The molecule has 1 N–H and O–H groups in total. The summed E-state index contributed by atoms with van der Waals surface area (Å²) in [6.07, 6.45) is 6.05. The van der Waals surface area contributed by atoms with Crippen molar-refractivity contribution in [3.8, 4) is 0 Å². The van der Waals surface area contributed by atoms with E-state index in [-0.39, 0.29) is 11.8 Å². The zero-order valence-electron chi connectivity index (χ0n) is 11.2. The summed E-state index contributed by atoms with van der Waals surface area (Å²) in [4.78, 5) is 25.0. The van der Waals surface area contributed by atoms with Gasteiger partial charge < -0.3 is 10.0 Å². The third-order valence-electron chi connectivity index (χ3n) is 4.56. The summed E-state index contributed by atoms with van der Waals surface area (Å²) in [5.74, 6) is -0.0258. The molecule has 102 valence electrons. The smallest absolute Gasteiger partial charge is 0.303 e. The lowest BCUT2D eigenvalue weighted by atomic mass is 9.91. The highest BCUT2D eigenvalue weighted by Crippen LogP contribution is 2.50. The van der Waals surface area contributed by atoms with E-state index >= 15 is 0 Å². The Morgan fingerprint density at radius 2 is 2.11 bits per heavy atom. The number of carbonyl (C=O) groups excluding carboxylic acids is 1. The van der Waals surface area contributed by atoms with Gasteiger partial charge in [0.15, 0.2) is 0 Å². The van der Waals surface area contributed by atoms with E-state index in [0.717, 1.165) is 45.2 Å². The zero-order valence-corrected chi connectivity index (χ0v) is 11.2. The Bertz CT molecular complexity index is 336. The van der Waals surface area contributed by atoms with Crippen LogP contribution in [-0.2, 0) is 9.59 Å². The van der Waals surface area contributed by atoms with Gasteiger partial charge in [0.1, 0.15) is 0 Å². The summed E-state index contributed by atoms with van der Waals surface area (Å²) in [7, 11) is 0. The van der Waals surface area contributed by atoms with E-state index in [9.17, 15) is 9.59 Å². The van der Waals surface area contributed by atoms with Crippen molar-refractivity contribution < 1.29 is 14.7 Å². The number of hydrogen-bond donors (Lipinski definition) is 1. The van der Waals surface area contributed by atoms with Crippen molar-refractivity contribution in [2.75, 3.05) is 13.1 Å². The number of amides is 1. The second-order valence-corrected chi connectivity index (χ2v) is 5.83. The zero-order chi connectivity index (χ0) is 13.2. The maximum absolute atomic E-state index is 12.4. The molecule has 4 nitrogen and oxygen atoms in total. The third-order valence-corrected chi connectivity index (χ3v) is 4.56. The molecular formula is C14H23NO3. The maximum atomic E-state index is 12.4. The van der Waals surface area contributed by atoms with Crippen LogP contribution >= 0.6 is 0 Å². The first-order valence-corrected chi connectivity index (χ1v) is 7.08. The molecule has 0 bridgehead atoms. The van der Waals surface area contributed by atoms with Crippen LogP contribution in [0, 0.1) is 11.3 Å². The third kappa shape index (κ3) is 2.85. The van der Waals surface area contributed by atoms with Gasteiger partial charge in [-0.25, -0.2) is 0 Å².